The fourth-order valence-electron chi connectivity index (χ4n) is 4.05. The maximum Gasteiger partial charge on any atom is 0.222 e. The number of nitrogens with zero attached hydrogens (tertiary/aromatic N) is 3. The number of aromatic nitrogens is 1. The first-order chi connectivity index (χ1) is 11.9. The highest BCUT2D eigenvalue weighted by Crippen LogP contribution is 2.40. The molecule has 2 saturated heterocycles. The Morgan fingerprint density at radius 2 is 2.08 bits per heavy atom. The van der Waals surface area contributed by atoms with Crippen molar-refractivity contribution >= 4 is 15.9 Å². The molecule has 0 aliphatic carbocycles. The first kappa shape index (κ1) is 18.3. The van der Waals surface area contributed by atoms with Gasteiger partial charge in [0.05, 0.1) is 18.0 Å². The predicted octanol–water partition coefficient (Wildman–Crippen LogP) is 2.03. The second-order valence-electron chi connectivity index (χ2n) is 7.32. The molecule has 0 bridgehead atoms. The number of carbonyl (C=O) groups excluding carboxylic acids is 1. The zero-order chi connectivity index (χ0) is 17.9. The normalized spacial score (nSPS) is 25.5. The van der Waals surface area contributed by atoms with E-state index in [2.05, 4.69) is 4.98 Å². The van der Waals surface area contributed by atoms with E-state index in [1.54, 1.807) is 10.5 Å². The van der Waals surface area contributed by atoms with Gasteiger partial charge in [-0.3, -0.25) is 9.78 Å². The Hall–Kier alpha value is -1.47. The SMILES string of the molecule is CCCS(=O)(=O)N1CCC[C@]2(CCC(=O)N(Cc3ccccn3)C2)C1. The molecule has 7 heteroatoms. The van der Waals surface area contributed by atoms with Crippen molar-refractivity contribution in [3.8, 4) is 0 Å². The Balaban J connectivity index is 1.73. The monoisotopic (exact) mass is 365 g/mol. The van der Waals surface area contributed by atoms with Crippen molar-refractivity contribution < 1.29 is 13.2 Å². The van der Waals surface area contributed by atoms with Gasteiger partial charge in [0.15, 0.2) is 0 Å². The molecular weight excluding hydrogens is 338 g/mol. The number of carbonyl (C=O) groups is 1. The highest BCUT2D eigenvalue weighted by Gasteiger charge is 2.44. The van der Waals surface area contributed by atoms with Crippen LogP contribution in [-0.4, -0.2) is 53.9 Å². The van der Waals surface area contributed by atoms with Crippen LogP contribution in [0, 0.1) is 5.41 Å². The molecule has 0 saturated carbocycles. The van der Waals surface area contributed by atoms with E-state index in [-0.39, 0.29) is 17.1 Å². The van der Waals surface area contributed by atoms with Crippen molar-refractivity contribution in [3.63, 3.8) is 0 Å². The molecule has 0 N–H and O–H groups in total. The summed E-state index contributed by atoms with van der Waals surface area (Å²) >= 11 is 0. The summed E-state index contributed by atoms with van der Waals surface area (Å²) in [7, 11) is -3.18. The van der Waals surface area contributed by atoms with Crippen LogP contribution in [0.5, 0.6) is 0 Å². The van der Waals surface area contributed by atoms with E-state index in [4.69, 9.17) is 0 Å². The van der Waals surface area contributed by atoms with Gasteiger partial charge in [-0.2, -0.15) is 0 Å². The highest BCUT2D eigenvalue weighted by molar-refractivity contribution is 7.89. The number of piperidine rings is 2. The molecular formula is C18H27N3O3S. The first-order valence-corrected chi connectivity index (χ1v) is 10.7. The molecule has 0 radical (unpaired) electrons. The van der Waals surface area contributed by atoms with Crippen LogP contribution in [0.2, 0.25) is 0 Å². The smallest absolute Gasteiger partial charge is 0.222 e. The van der Waals surface area contributed by atoms with E-state index in [1.165, 1.54) is 0 Å². The maximum absolute atomic E-state index is 12.5. The lowest BCUT2D eigenvalue weighted by Gasteiger charge is -2.47. The quantitative estimate of drug-likeness (QED) is 0.800. The number of amides is 1. The molecule has 2 aliphatic heterocycles. The minimum absolute atomic E-state index is 0.109. The van der Waals surface area contributed by atoms with Crippen LogP contribution < -0.4 is 0 Å². The van der Waals surface area contributed by atoms with Crippen LogP contribution in [-0.2, 0) is 21.4 Å². The molecule has 1 atom stereocenters. The highest BCUT2D eigenvalue weighted by atomic mass is 32.2. The van der Waals surface area contributed by atoms with Crippen molar-refractivity contribution in [2.24, 2.45) is 5.41 Å². The van der Waals surface area contributed by atoms with Gasteiger partial charge in [0.2, 0.25) is 15.9 Å². The average Bonchev–Trinajstić information content (AvgIpc) is 2.59. The Kier molecular flexibility index (Phi) is 5.43. The van der Waals surface area contributed by atoms with E-state index < -0.39 is 10.0 Å². The summed E-state index contributed by atoms with van der Waals surface area (Å²) in [4.78, 5) is 18.6. The molecule has 3 rings (SSSR count). The molecule has 3 heterocycles. The van der Waals surface area contributed by atoms with Gasteiger partial charge in [0.1, 0.15) is 0 Å². The summed E-state index contributed by atoms with van der Waals surface area (Å²) in [6.45, 7) is 4.18. The molecule has 1 aromatic heterocycles. The van der Waals surface area contributed by atoms with Gasteiger partial charge in [-0.15, -0.1) is 0 Å². The van der Waals surface area contributed by atoms with Gasteiger partial charge < -0.3 is 4.90 Å². The summed E-state index contributed by atoms with van der Waals surface area (Å²) in [5, 5.41) is 0. The Morgan fingerprint density at radius 3 is 2.80 bits per heavy atom. The van der Waals surface area contributed by atoms with E-state index in [0.29, 0.717) is 39.0 Å². The Bertz CT molecular complexity index is 708. The van der Waals surface area contributed by atoms with Gasteiger partial charge >= 0.3 is 0 Å². The topological polar surface area (TPSA) is 70.6 Å². The Labute approximate surface area is 150 Å². The van der Waals surface area contributed by atoms with Gasteiger partial charge in [-0.05, 0) is 37.8 Å². The molecule has 6 nitrogen and oxygen atoms in total. The molecule has 1 spiro atoms. The Morgan fingerprint density at radius 1 is 1.24 bits per heavy atom. The predicted molar refractivity (Wildman–Crippen MR) is 96.2 cm³/mol. The van der Waals surface area contributed by atoms with Crippen molar-refractivity contribution in [2.45, 2.75) is 45.6 Å². The minimum atomic E-state index is -3.18. The standard InChI is InChI=1S/C18H27N3O3S/c1-2-12-25(23,24)21-11-5-8-18(15-21)9-7-17(22)20(14-18)13-16-6-3-4-10-19-16/h3-4,6,10H,2,5,7-9,11-15H2,1H3/t18-/m1/s1. The third-order valence-corrected chi connectivity index (χ3v) is 7.33. The number of rotatable bonds is 5. The van der Waals surface area contributed by atoms with E-state index in [1.807, 2.05) is 30.0 Å². The summed E-state index contributed by atoms with van der Waals surface area (Å²) < 4.78 is 26.6. The van der Waals surface area contributed by atoms with Crippen molar-refractivity contribution in [3.05, 3.63) is 30.1 Å². The van der Waals surface area contributed by atoms with Crippen LogP contribution in [0.4, 0.5) is 0 Å². The second-order valence-corrected chi connectivity index (χ2v) is 9.41. The van der Waals surface area contributed by atoms with Crippen LogP contribution in [0.1, 0.15) is 44.7 Å². The lowest BCUT2D eigenvalue weighted by atomic mass is 9.74. The fraction of sp³-hybridized carbons (Fsp3) is 0.667. The zero-order valence-electron chi connectivity index (χ0n) is 14.9. The van der Waals surface area contributed by atoms with Gasteiger partial charge in [0.25, 0.3) is 0 Å². The van der Waals surface area contributed by atoms with E-state index in [9.17, 15) is 13.2 Å². The van der Waals surface area contributed by atoms with Crippen LogP contribution >= 0.6 is 0 Å². The molecule has 0 aromatic carbocycles. The van der Waals surface area contributed by atoms with Gasteiger partial charge in [-0.25, -0.2) is 12.7 Å². The molecule has 1 amide bonds. The van der Waals surface area contributed by atoms with Gasteiger partial charge in [-0.1, -0.05) is 13.0 Å². The number of sulfonamides is 1. The maximum atomic E-state index is 12.5. The van der Waals surface area contributed by atoms with Crippen LogP contribution in [0.25, 0.3) is 0 Å². The summed E-state index contributed by atoms with van der Waals surface area (Å²) in [5.74, 6) is 0.351. The molecule has 2 aliphatic rings. The van der Waals surface area contributed by atoms with Crippen molar-refractivity contribution in [1.82, 2.24) is 14.2 Å². The number of hydrogen-bond donors (Lipinski definition) is 0. The molecule has 138 valence electrons. The summed E-state index contributed by atoms with van der Waals surface area (Å²) in [6.07, 6.45) is 5.50. The largest absolute Gasteiger partial charge is 0.336 e. The molecule has 25 heavy (non-hydrogen) atoms. The van der Waals surface area contributed by atoms with E-state index >= 15 is 0 Å². The van der Waals surface area contributed by atoms with Crippen LogP contribution in [0.15, 0.2) is 24.4 Å². The van der Waals surface area contributed by atoms with Crippen molar-refractivity contribution in [1.29, 1.82) is 0 Å². The van der Waals surface area contributed by atoms with Crippen molar-refractivity contribution in [2.75, 3.05) is 25.4 Å². The zero-order valence-corrected chi connectivity index (χ0v) is 15.7. The third kappa shape index (κ3) is 4.20. The average molecular weight is 365 g/mol. The van der Waals surface area contributed by atoms with Gasteiger partial charge in [0, 0.05) is 37.7 Å². The van der Waals surface area contributed by atoms with Crippen LogP contribution in [0.3, 0.4) is 0 Å². The number of pyridine rings is 1. The summed E-state index contributed by atoms with van der Waals surface area (Å²) in [6, 6.07) is 5.71. The number of hydrogen-bond acceptors (Lipinski definition) is 4. The number of likely N-dealkylation sites (tertiary alicyclic amines) is 1. The second kappa shape index (κ2) is 7.41. The molecule has 1 aromatic rings. The van der Waals surface area contributed by atoms with E-state index in [0.717, 1.165) is 25.0 Å². The summed E-state index contributed by atoms with van der Waals surface area (Å²) in [5.41, 5.74) is 0.765. The molecule has 0 unspecified atom stereocenters. The third-order valence-electron chi connectivity index (χ3n) is 5.31. The lowest BCUT2D eigenvalue weighted by molar-refractivity contribution is -0.139. The minimum Gasteiger partial charge on any atom is -0.336 e. The lowest BCUT2D eigenvalue weighted by Crippen LogP contribution is -2.55. The fourth-order valence-corrected chi connectivity index (χ4v) is 5.71. The first-order valence-electron chi connectivity index (χ1n) is 9.10. The molecule has 2 fully saturated rings.